The van der Waals surface area contributed by atoms with Crippen LogP contribution < -0.4 is 5.32 Å². The van der Waals surface area contributed by atoms with Gasteiger partial charge in [0, 0.05) is 57.1 Å². The van der Waals surface area contributed by atoms with E-state index in [1.165, 1.54) is 0 Å². The smallest absolute Gasteiger partial charge is 0.225 e. The molecule has 36 heavy (non-hydrogen) atoms. The number of hydrogen-bond donors (Lipinski definition) is 2. The second kappa shape index (κ2) is 13.3. The summed E-state index contributed by atoms with van der Waals surface area (Å²) in [5, 5.41) is 15.7. The van der Waals surface area contributed by atoms with E-state index in [4.69, 9.17) is 9.47 Å². The SMILES string of the molecule is CCOC(CCNC1CCN(C[C@H]2CN(C(=O)C3CCCC3)C[C@]2(O)c2ccccc2)CC1)OCC. The number of β-amino-alcohol motifs (C(OH)–C–C–N with tert-alkyl or cyclic N) is 1. The normalized spacial score (nSPS) is 26.3. The van der Waals surface area contributed by atoms with Crippen LogP contribution in [0, 0.1) is 11.8 Å². The third-order valence-corrected chi connectivity index (χ3v) is 8.42. The summed E-state index contributed by atoms with van der Waals surface area (Å²) in [5.74, 6) is 0.424. The van der Waals surface area contributed by atoms with Gasteiger partial charge in [0.15, 0.2) is 6.29 Å². The highest BCUT2D eigenvalue weighted by atomic mass is 16.7. The van der Waals surface area contributed by atoms with E-state index < -0.39 is 5.60 Å². The minimum absolute atomic E-state index is 0.0212. The molecule has 4 rings (SSSR count). The molecular formula is C29H47N3O4. The van der Waals surface area contributed by atoms with Crippen LogP contribution in [0.4, 0.5) is 0 Å². The Labute approximate surface area is 217 Å². The van der Waals surface area contributed by atoms with E-state index in [0.29, 0.717) is 32.3 Å². The predicted molar refractivity (Wildman–Crippen MR) is 141 cm³/mol. The summed E-state index contributed by atoms with van der Waals surface area (Å²) in [6, 6.07) is 10.5. The lowest BCUT2D eigenvalue weighted by Crippen LogP contribution is -2.47. The van der Waals surface area contributed by atoms with Crippen LogP contribution in [0.2, 0.25) is 0 Å². The number of rotatable bonds is 12. The number of ether oxygens (including phenoxy) is 2. The van der Waals surface area contributed by atoms with Crippen molar-refractivity contribution in [2.75, 3.05) is 52.5 Å². The average molecular weight is 502 g/mol. The minimum Gasteiger partial charge on any atom is -0.383 e. The summed E-state index contributed by atoms with van der Waals surface area (Å²) in [6.45, 7) is 10.1. The molecule has 7 heteroatoms. The summed E-state index contributed by atoms with van der Waals surface area (Å²) in [6.07, 6.45) is 7.22. The average Bonchev–Trinajstić information content (AvgIpc) is 3.55. The van der Waals surface area contributed by atoms with E-state index in [0.717, 1.165) is 76.7 Å². The number of nitrogens with one attached hydrogen (secondary N) is 1. The fourth-order valence-corrected chi connectivity index (χ4v) is 6.39. The Morgan fingerprint density at radius 3 is 2.39 bits per heavy atom. The molecule has 0 aromatic heterocycles. The molecule has 0 unspecified atom stereocenters. The molecule has 1 aromatic carbocycles. The first-order valence-electron chi connectivity index (χ1n) is 14.3. The Morgan fingerprint density at radius 1 is 1.08 bits per heavy atom. The minimum atomic E-state index is -0.988. The van der Waals surface area contributed by atoms with Crippen LogP contribution in [-0.4, -0.2) is 85.6 Å². The molecule has 1 saturated carbocycles. The van der Waals surface area contributed by atoms with Gasteiger partial charge in [-0.05, 0) is 58.2 Å². The Kier molecular flexibility index (Phi) is 10.2. The summed E-state index contributed by atoms with van der Waals surface area (Å²) < 4.78 is 11.3. The van der Waals surface area contributed by atoms with Crippen LogP contribution >= 0.6 is 0 Å². The van der Waals surface area contributed by atoms with Crippen molar-refractivity contribution >= 4 is 5.91 Å². The molecule has 0 radical (unpaired) electrons. The van der Waals surface area contributed by atoms with E-state index in [9.17, 15) is 9.90 Å². The lowest BCUT2D eigenvalue weighted by atomic mass is 9.83. The Morgan fingerprint density at radius 2 is 1.75 bits per heavy atom. The Balaban J connectivity index is 1.31. The van der Waals surface area contributed by atoms with E-state index in [1.54, 1.807) is 0 Å². The number of nitrogens with zero attached hydrogens (tertiary/aromatic N) is 2. The van der Waals surface area contributed by atoms with Crippen LogP contribution in [-0.2, 0) is 19.9 Å². The summed E-state index contributed by atoms with van der Waals surface area (Å²) in [7, 11) is 0. The monoisotopic (exact) mass is 501 g/mol. The van der Waals surface area contributed by atoms with Gasteiger partial charge in [-0.15, -0.1) is 0 Å². The summed E-state index contributed by atoms with van der Waals surface area (Å²) >= 11 is 0. The zero-order valence-corrected chi connectivity index (χ0v) is 22.4. The van der Waals surface area contributed by atoms with E-state index >= 15 is 0 Å². The van der Waals surface area contributed by atoms with E-state index in [2.05, 4.69) is 10.2 Å². The Bertz CT molecular complexity index is 789. The zero-order valence-electron chi connectivity index (χ0n) is 22.4. The third-order valence-electron chi connectivity index (χ3n) is 8.42. The van der Waals surface area contributed by atoms with Gasteiger partial charge >= 0.3 is 0 Å². The fraction of sp³-hybridized carbons (Fsp3) is 0.759. The van der Waals surface area contributed by atoms with Gasteiger partial charge in [-0.3, -0.25) is 4.79 Å². The zero-order chi connectivity index (χ0) is 25.4. The molecule has 7 nitrogen and oxygen atoms in total. The topological polar surface area (TPSA) is 74.3 Å². The molecule has 3 aliphatic rings. The van der Waals surface area contributed by atoms with Gasteiger partial charge in [0.25, 0.3) is 0 Å². The number of carbonyl (C=O) groups excluding carboxylic acids is 1. The second-order valence-electron chi connectivity index (χ2n) is 10.8. The predicted octanol–water partition coefficient (Wildman–Crippen LogP) is 3.37. The number of carbonyl (C=O) groups is 1. The molecule has 1 amide bonds. The van der Waals surface area contributed by atoms with Crippen molar-refractivity contribution in [3.05, 3.63) is 35.9 Å². The fourth-order valence-electron chi connectivity index (χ4n) is 6.39. The standard InChI is InChI=1S/C29H47N3O4/c1-3-35-27(36-4-2)14-17-30-26-15-18-31(19-16-26)20-25-21-32(28(33)23-10-8-9-11-23)22-29(25,34)24-12-6-5-7-13-24/h5-7,12-13,23,25-27,30,34H,3-4,8-11,14-22H2,1-2H3/t25-,29-/m0/s1. The number of aliphatic hydroxyl groups is 1. The lowest BCUT2D eigenvalue weighted by Gasteiger charge is -2.37. The summed E-state index contributed by atoms with van der Waals surface area (Å²) in [4.78, 5) is 17.7. The molecule has 1 aliphatic carbocycles. The van der Waals surface area contributed by atoms with Crippen molar-refractivity contribution in [1.29, 1.82) is 0 Å². The molecular weight excluding hydrogens is 454 g/mol. The molecule has 3 fully saturated rings. The molecule has 1 aromatic rings. The van der Waals surface area contributed by atoms with Gasteiger partial charge in [0.1, 0.15) is 5.60 Å². The number of hydrogen-bond acceptors (Lipinski definition) is 6. The maximum absolute atomic E-state index is 13.3. The first kappa shape index (κ1) is 27.5. The van der Waals surface area contributed by atoms with Crippen molar-refractivity contribution in [1.82, 2.24) is 15.1 Å². The molecule has 0 spiro atoms. The molecule has 202 valence electrons. The van der Waals surface area contributed by atoms with E-state index in [-0.39, 0.29) is 24.0 Å². The Hall–Kier alpha value is -1.51. The number of benzene rings is 1. The highest BCUT2D eigenvalue weighted by Crippen LogP contribution is 2.39. The van der Waals surface area contributed by atoms with E-state index in [1.807, 2.05) is 49.1 Å². The van der Waals surface area contributed by atoms with Gasteiger partial charge in [-0.2, -0.15) is 0 Å². The van der Waals surface area contributed by atoms with Crippen molar-refractivity contribution in [3.63, 3.8) is 0 Å². The quantitative estimate of drug-likeness (QED) is 0.428. The first-order chi connectivity index (χ1) is 17.5. The van der Waals surface area contributed by atoms with Gasteiger partial charge < -0.3 is 29.7 Å². The molecule has 2 atom stereocenters. The number of piperidine rings is 1. The first-order valence-corrected chi connectivity index (χ1v) is 14.3. The van der Waals surface area contributed by atoms with Crippen molar-refractivity contribution in [2.45, 2.75) is 76.7 Å². The van der Waals surface area contributed by atoms with Crippen molar-refractivity contribution in [3.8, 4) is 0 Å². The highest BCUT2D eigenvalue weighted by molar-refractivity contribution is 5.79. The molecule has 2 N–H and O–H groups in total. The molecule has 2 heterocycles. The maximum Gasteiger partial charge on any atom is 0.225 e. The molecule has 0 bridgehead atoms. The van der Waals surface area contributed by atoms with Crippen molar-refractivity contribution in [2.24, 2.45) is 11.8 Å². The number of amides is 1. The lowest BCUT2D eigenvalue weighted by molar-refractivity contribution is -0.139. The van der Waals surface area contributed by atoms with Crippen LogP contribution in [0.15, 0.2) is 30.3 Å². The van der Waals surface area contributed by atoms with Gasteiger partial charge in [-0.1, -0.05) is 43.2 Å². The van der Waals surface area contributed by atoms with Crippen LogP contribution in [0.3, 0.4) is 0 Å². The second-order valence-corrected chi connectivity index (χ2v) is 10.8. The highest BCUT2D eigenvalue weighted by Gasteiger charge is 2.49. The largest absolute Gasteiger partial charge is 0.383 e. The molecule has 2 aliphatic heterocycles. The van der Waals surface area contributed by atoms with Crippen LogP contribution in [0.5, 0.6) is 0 Å². The van der Waals surface area contributed by atoms with Gasteiger partial charge in [0.05, 0.1) is 6.54 Å². The van der Waals surface area contributed by atoms with Gasteiger partial charge in [0.2, 0.25) is 5.91 Å². The van der Waals surface area contributed by atoms with Crippen LogP contribution in [0.1, 0.15) is 64.4 Å². The maximum atomic E-state index is 13.3. The summed E-state index contributed by atoms with van der Waals surface area (Å²) in [5.41, 5.74) is -0.0514. The van der Waals surface area contributed by atoms with Crippen molar-refractivity contribution < 1.29 is 19.4 Å². The number of likely N-dealkylation sites (tertiary alicyclic amines) is 2. The third kappa shape index (κ3) is 6.87. The molecule has 2 saturated heterocycles. The van der Waals surface area contributed by atoms with Gasteiger partial charge in [-0.25, -0.2) is 0 Å². The van der Waals surface area contributed by atoms with Crippen LogP contribution in [0.25, 0.3) is 0 Å².